The van der Waals surface area contributed by atoms with Crippen LogP contribution in [0.3, 0.4) is 0 Å². The van der Waals surface area contributed by atoms with Crippen LogP contribution in [0.2, 0.25) is 0 Å². The van der Waals surface area contributed by atoms with Gasteiger partial charge < -0.3 is 20.1 Å². The summed E-state index contributed by atoms with van der Waals surface area (Å²) in [4.78, 5) is 0. The van der Waals surface area contributed by atoms with Gasteiger partial charge in [0.15, 0.2) is 6.29 Å². The molecule has 0 aromatic heterocycles. The van der Waals surface area contributed by atoms with E-state index in [1.54, 1.807) is 0 Å². The van der Waals surface area contributed by atoms with Gasteiger partial charge in [0.25, 0.3) is 0 Å². The summed E-state index contributed by atoms with van der Waals surface area (Å²) in [5, 5.41) is 26.1. The highest BCUT2D eigenvalue weighted by molar-refractivity contribution is 4.75. The van der Waals surface area contributed by atoms with Crippen molar-refractivity contribution in [3.63, 3.8) is 0 Å². The highest BCUT2D eigenvalue weighted by Crippen LogP contribution is 2.17. The number of aliphatic hydroxyl groups is 3. The lowest BCUT2D eigenvalue weighted by Gasteiger charge is -2.08. The molecule has 0 aromatic carbocycles. The lowest BCUT2D eigenvalue weighted by atomic mass is 10.2. The zero-order chi connectivity index (χ0) is 6.85. The van der Waals surface area contributed by atoms with E-state index in [9.17, 15) is 0 Å². The third kappa shape index (κ3) is 1.40. The fourth-order valence-corrected chi connectivity index (χ4v) is 0.871. The van der Waals surface area contributed by atoms with E-state index >= 15 is 0 Å². The van der Waals surface area contributed by atoms with Crippen LogP contribution in [-0.2, 0) is 4.74 Å². The van der Waals surface area contributed by atoms with Gasteiger partial charge in [0, 0.05) is 6.42 Å². The zero-order valence-corrected chi connectivity index (χ0v) is 4.90. The van der Waals surface area contributed by atoms with E-state index in [0.29, 0.717) is 0 Å². The standard InChI is InChI=1S/C5H10O4/c6-2-4-3(7)1-5(8)9-4/h3-8H,1-2H2/t3-,4?,5?/m1/s1. The maximum Gasteiger partial charge on any atom is 0.157 e. The van der Waals surface area contributed by atoms with Crippen LogP contribution < -0.4 is 0 Å². The Balaban J connectivity index is 2.38. The van der Waals surface area contributed by atoms with E-state index < -0.39 is 18.5 Å². The summed E-state index contributed by atoms with van der Waals surface area (Å²) in [7, 11) is 0. The normalized spacial score (nSPS) is 43.7. The first-order chi connectivity index (χ1) is 4.24. The van der Waals surface area contributed by atoms with Gasteiger partial charge in [-0.2, -0.15) is 0 Å². The predicted molar refractivity (Wildman–Crippen MR) is 28.6 cm³/mol. The second kappa shape index (κ2) is 2.62. The molecule has 54 valence electrons. The van der Waals surface area contributed by atoms with Crippen LogP contribution in [-0.4, -0.2) is 40.4 Å². The van der Waals surface area contributed by atoms with Crippen LogP contribution in [0.15, 0.2) is 0 Å². The smallest absolute Gasteiger partial charge is 0.157 e. The van der Waals surface area contributed by atoms with Gasteiger partial charge in [-0.1, -0.05) is 0 Å². The Labute approximate surface area is 52.7 Å². The molecule has 1 aliphatic rings. The largest absolute Gasteiger partial charge is 0.394 e. The van der Waals surface area contributed by atoms with Crippen molar-refractivity contribution >= 4 is 0 Å². The highest BCUT2D eigenvalue weighted by atomic mass is 16.6. The minimum atomic E-state index is -0.905. The lowest BCUT2D eigenvalue weighted by Crippen LogP contribution is -2.24. The molecule has 0 aliphatic carbocycles. The van der Waals surface area contributed by atoms with Crippen LogP contribution in [0, 0.1) is 0 Å². The van der Waals surface area contributed by atoms with Crippen molar-refractivity contribution in [2.75, 3.05) is 6.61 Å². The molecule has 0 saturated carbocycles. The summed E-state index contributed by atoms with van der Waals surface area (Å²) >= 11 is 0. The van der Waals surface area contributed by atoms with Crippen molar-refractivity contribution in [3.8, 4) is 0 Å². The molecule has 4 heteroatoms. The number of ether oxygens (including phenoxy) is 1. The van der Waals surface area contributed by atoms with Gasteiger partial charge in [0.05, 0.1) is 12.7 Å². The van der Waals surface area contributed by atoms with Crippen molar-refractivity contribution in [2.24, 2.45) is 0 Å². The molecule has 0 radical (unpaired) electrons. The molecule has 0 aromatic rings. The molecule has 0 amide bonds. The Bertz CT molecular complexity index is 95.0. The topological polar surface area (TPSA) is 69.9 Å². The number of rotatable bonds is 1. The monoisotopic (exact) mass is 134 g/mol. The molecule has 1 heterocycles. The van der Waals surface area contributed by atoms with Crippen LogP contribution in [0.25, 0.3) is 0 Å². The fourth-order valence-electron chi connectivity index (χ4n) is 0.871. The van der Waals surface area contributed by atoms with Gasteiger partial charge in [0.2, 0.25) is 0 Å². The minimum Gasteiger partial charge on any atom is -0.394 e. The van der Waals surface area contributed by atoms with E-state index in [2.05, 4.69) is 4.74 Å². The average Bonchev–Trinajstić information content (AvgIpc) is 2.10. The van der Waals surface area contributed by atoms with Gasteiger partial charge in [-0.3, -0.25) is 0 Å². The second-order valence-electron chi connectivity index (χ2n) is 2.11. The summed E-state index contributed by atoms with van der Waals surface area (Å²) < 4.78 is 4.68. The first-order valence-electron chi connectivity index (χ1n) is 2.86. The quantitative estimate of drug-likeness (QED) is 0.406. The summed E-state index contributed by atoms with van der Waals surface area (Å²) in [5.74, 6) is 0. The van der Waals surface area contributed by atoms with Gasteiger partial charge in [-0.25, -0.2) is 0 Å². The summed E-state index contributed by atoms with van der Waals surface area (Å²) in [6.45, 7) is -0.238. The van der Waals surface area contributed by atoms with E-state index in [-0.39, 0.29) is 13.0 Å². The first-order valence-corrected chi connectivity index (χ1v) is 2.86. The summed E-state index contributed by atoms with van der Waals surface area (Å²) in [6, 6.07) is 0. The molecule has 0 bridgehead atoms. The van der Waals surface area contributed by atoms with Crippen LogP contribution >= 0.6 is 0 Å². The molecule has 3 N–H and O–H groups in total. The van der Waals surface area contributed by atoms with E-state index in [1.165, 1.54) is 0 Å². The number of hydrogen-bond acceptors (Lipinski definition) is 4. The Hall–Kier alpha value is -0.160. The molecule has 0 spiro atoms. The summed E-state index contributed by atoms with van der Waals surface area (Å²) in [6.07, 6.45) is -2.02. The fraction of sp³-hybridized carbons (Fsp3) is 1.00. The van der Waals surface area contributed by atoms with Gasteiger partial charge in [0.1, 0.15) is 6.10 Å². The molecule has 2 unspecified atom stereocenters. The number of hydrogen-bond donors (Lipinski definition) is 3. The van der Waals surface area contributed by atoms with Crippen molar-refractivity contribution in [1.29, 1.82) is 0 Å². The average molecular weight is 134 g/mol. The van der Waals surface area contributed by atoms with Crippen LogP contribution in [0.5, 0.6) is 0 Å². The Morgan fingerprint density at radius 1 is 1.44 bits per heavy atom. The van der Waals surface area contributed by atoms with Crippen LogP contribution in [0.1, 0.15) is 6.42 Å². The van der Waals surface area contributed by atoms with Crippen molar-refractivity contribution in [2.45, 2.75) is 24.9 Å². The molecular formula is C5H10O4. The minimum absolute atomic E-state index is 0.200. The lowest BCUT2D eigenvalue weighted by molar-refractivity contribution is -0.107. The first kappa shape index (κ1) is 6.95. The Morgan fingerprint density at radius 2 is 2.11 bits per heavy atom. The van der Waals surface area contributed by atoms with E-state index in [4.69, 9.17) is 15.3 Å². The van der Waals surface area contributed by atoms with Gasteiger partial charge in [-0.05, 0) is 0 Å². The molecular weight excluding hydrogens is 124 g/mol. The molecule has 1 aliphatic heterocycles. The maximum atomic E-state index is 8.91. The van der Waals surface area contributed by atoms with Gasteiger partial charge >= 0.3 is 0 Å². The molecule has 3 atom stereocenters. The summed E-state index contributed by atoms with van der Waals surface area (Å²) in [5.41, 5.74) is 0. The van der Waals surface area contributed by atoms with E-state index in [1.807, 2.05) is 0 Å². The van der Waals surface area contributed by atoms with Gasteiger partial charge in [-0.15, -0.1) is 0 Å². The Morgan fingerprint density at radius 3 is 2.33 bits per heavy atom. The molecule has 1 rings (SSSR count). The molecule has 9 heavy (non-hydrogen) atoms. The predicted octanol–water partition coefficient (Wildman–Crippen LogP) is -1.55. The molecule has 1 fully saturated rings. The molecule has 1 saturated heterocycles. The van der Waals surface area contributed by atoms with Crippen LogP contribution in [0.4, 0.5) is 0 Å². The zero-order valence-electron chi connectivity index (χ0n) is 4.90. The number of aliphatic hydroxyl groups excluding tert-OH is 3. The Kier molecular flexibility index (Phi) is 2.02. The van der Waals surface area contributed by atoms with Crippen molar-refractivity contribution in [1.82, 2.24) is 0 Å². The van der Waals surface area contributed by atoms with Crippen molar-refractivity contribution in [3.05, 3.63) is 0 Å². The van der Waals surface area contributed by atoms with Crippen molar-refractivity contribution < 1.29 is 20.1 Å². The SMILES string of the molecule is OCC1OC(O)C[C@H]1O. The third-order valence-electron chi connectivity index (χ3n) is 1.38. The maximum absolute atomic E-state index is 8.91. The molecule has 4 nitrogen and oxygen atoms in total. The third-order valence-corrected chi connectivity index (χ3v) is 1.38. The second-order valence-corrected chi connectivity index (χ2v) is 2.11. The highest BCUT2D eigenvalue weighted by Gasteiger charge is 2.31. The van der Waals surface area contributed by atoms with E-state index in [0.717, 1.165) is 0 Å².